The number of benzene rings is 2. The maximum absolute atomic E-state index is 15.4. The van der Waals surface area contributed by atoms with Crippen molar-refractivity contribution in [2.75, 3.05) is 6.54 Å². The Morgan fingerprint density at radius 1 is 1.00 bits per heavy atom. The summed E-state index contributed by atoms with van der Waals surface area (Å²) >= 11 is 6.24. The van der Waals surface area contributed by atoms with Crippen LogP contribution in [0.5, 0.6) is 0 Å². The molecule has 1 fully saturated rings. The number of aromatic nitrogens is 2. The second-order valence-electron chi connectivity index (χ2n) is 9.36. The van der Waals surface area contributed by atoms with E-state index in [-0.39, 0.29) is 48.4 Å². The van der Waals surface area contributed by atoms with Crippen molar-refractivity contribution in [2.24, 2.45) is 0 Å². The topological polar surface area (TPSA) is 71.8 Å². The lowest BCUT2D eigenvalue weighted by Gasteiger charge is -2.23. The minimum Gasteiger partial charge on any atom is -0.329 e. The predicted octanol–water partition coefficient (Wildman–Crippen LogP) is 5.29. The predicted molar refractivity (Wildman–Crippen MR) is 139 cm³/mol. The second kappa shape index (κ2) is 10.5. The molecule has 2 aromatic carbocycles. The first kappa shape index (κ1) is 25.7. The second-order valence-corrected chi connectivity index (χ2v) is 9.77. The van der Waals surface area contributed by atoms with Crippen LogP contribution in [0, 0.1) is 5.82 Å². The van der Waals surface area contributed by atoms with E-state index in [1.807, 2.05) is 0 Å². The molecule has 0 bridgehead atoms. The summed E-state index contributed by atoms with van der Waals surface area (Å²) < 4.78 is 31.6. The number of nitrogens with zero attached hydrogens (tertiary/aromatic N) is 3. The minimum atomic E-state index is -1.38. The van der Waals surface area contributed by atoms with E-state index in [1.165, 1.54) is 17.9 Å². The number of hydrogen-bond acceptors (Lipinski definition) is 4. The number of rotatable bonds is 7. The van der Waals surface area contributed by atoms with Crippen molar-refractivity contribution in [1.82, 2.24) is 14.3 Å². The zero-order valence-electron chi connectivity index (χ0n) is 20.5. The Morgan fingerprint density at radius 2 is 1.74 bits per heavy atom. The number of pyridine rings is 1. The van der Waals surface area contributed by atoms with Crippen molar-refractivity contribution in [3.8, 4) is 11.1 Å². The van der Waals surface area contributed by atoms with Crippen molar-refractivity contribution in [3.63, 3.8) is 0 Å². The number of carbonyl (C=O) groups is 3. The Morgan fingerprint density at radius 3 is 2.50 bits per heavy atom. The fraction of sp³-hybridized carbons (Fsp3) is 0.241. The van der Waals surface area contributed by atoms with Crippen molar-refractivity contribution in [2.45, 2.75) is 38.4 Å². The molecule has 2 aromatic heterocycles. The fourth-order valence-corrected chi connectivity index (χ4v) is 5.23. The number of Topliss-reactive ketones (excluding diaryl/α,β-unsaturated/α-hetero) is 2. The van der Waals surface area contributed by atoms with Crippen molar-refractivity contribution >= 4 is 34.6 Å². The molecule has 194 valence electrons. The number of hydrogen-bond donors (Lipinski definition) is 0. The van der Waals surface area contributed by atoms with E-state index in [0.717, 1.165) is 0 Å². The van der Waals surface area contributed by atoms with E-state index in [9.17, 15) is 18.8 Å². The van der Waals surface area contributed by atoms with Crippen LogP contribution in [-0.2, 0) is 22.4 Å². The number of carbonyl (C=O) groups excluding carboxylic acids is 3. The molecule has 1 saturated heterocycles. The number of imidazole rings is 1. The highest BCUT2D eigenvalue weighted by molar-refractivity contribution is 6.33. The molecule has 5 rings (SSSR count). The summed E-state index contributed by atoms with van der Waals surface area (Å²) in [5.74, 6) is -1.44. The highest BCUT2D eigenvalue weighted by Crippen LogP contribution is 2.32. The van der Waals surface area contributed by atoms with Crippen LogP contribution in [0.3, 0.4) is 0 Å². The Balaban J connectivity index is 1.38. The number of likely N-dealkylation sites (tertiary alicyclic amines) is 1. The molecule has 0 saturated carbocycles. The lowest BCUT2D eigenvalue weighted by atomic mass is 9.96. The van der Waals surface area contributed by atoms with Gasteiger partial charge in [-0.25, -0.2) is 13.8 Å². The zero-order chi connectivity index (χ0) is 27.0. The summed E-state index contributed by atoms with van der Waals surface area (Å²) in [5.41, 5.74) is 1.71. The molecule has 6 nitrogen and oxygen atoms in total. The summed E-state index contributed by atoms with van der Waals surface area (Å²) in [7, 11) is 0. The van der Waals surface area contributed by atoms with Gasteiger partial charge in [-0.3, -0.25) is 14.4 Å². The zero-order valence-corrected chi connectivity index (χ0v) is 21.3. The van der Waals surface area contributed by atoms with Crippen LogP contribution in [0.4, 0.5) is 8.78 Å². The smallest absolute Gasteiger partial charge is 0.230 e. The van der Waals surface area contributed by atoms with Gasteiger partial charge in [0, 0.05) is 42.1 Å². The van der Waals surface area contributed by atoms with E-state index in [4.69, 9.17) is 11.6 Å². The molecule has 0 N–H and O–H groups in total. The fourth-order valence-electron chi connectivity index (χ4n) is 5.00. The van der Waals surface area contributed by atoms with Gasteiger partial charge in [-0.15, -0.1) is 0 Å². The normalized spacial score (nSPS) is 17.2. The first-order valence-electron chi connectivity index (χ1n) is 12.2. The standard InChI is InChI=1S/C29H24ClF2N3O3/c1-17(36)29-23-11-4-5-12-34(23)26(33-29)15-27(38)35-16-19(31)14-24(35)25(37)13-18-7-6-9-21(28(18)32)20-8-2-3-10-22(20)30/h2-12,19,24H,13-16H2,1H3/t19-,24+/m1/s1. The third-order valence-corrected chi connectivity index (χ3v) is 7.14. The van der Waals surface area contributed by atoms with Crippen LogP contribution < -0.4 is 0 Å². The van der Waals surface area contributed by atoms with Gasteiger partial charge in [0.2, 0.25) is 5.91 Å². The molecule has 38 heavy (non-hydrogen) atoms. The van der Waals surface area contributed by atoms with Crippen LogP contribution in [0.15, 0.2) is 66.9 Å². The highest BCUT2D eigenvalue weighted by Gasteiger charge is 2.40. The van der Waals surface area contributed by atoms with Crippen LogP contribution >= 0.6 is 11.6 Å². The van der Waals surface area contributed by atoms with E-state index in [2.05, 4.69) is 4.98 Å². The lowest BCUT2D eigenvalue weighted by Crippen LogP contribution is -2.42. The van der Waals surface area contributed by atoms with Crippen LogP contribution in [-0.4, -0.2) is 50.5 Å². The molecular weight excluding hydrogens is 512 g/mol. The minimum absolute atomic E-state index is 0.146. The maximum Gasteiger partial charge on any atom is 0.230 e. The van der Waals surface area contributed by atoms with Crippen LogP contribution in [0.25, 0.3) is 16.6 Å². The molecule has 1 aliphatic heterocycles. The third-order valence-electron chi connectivity index (χ3n) is 6.81. The quantitative estimate of drug-likeness (QED) is 0.301. The summed E-state index contributed by atoms with van der Waals surface area (Å²) in [6, 6.07) is 15.7. The summed E-state index contributed by atoms with van der Waals surface area (Å²) in [4.78, 5) is 44.1. The van der Waals surface area contributed by atoms with E-state index >= 15 is 4.39 Å². The maximum atomic E-state index is 15.4. The van der Waals surface area contributed by atoms with E-state index < -0.39 is 29.7 Å². The van der Waals surface area contributed by atoms with Gasteiger partial charge in [-0.05, 0) is 23.8 Å². The molecule has 2 atom stereocenters. The first-order chi connectivity index (χ1) is 18.2. The third kappa shape index (κ3) is 4.84. The average Bonchev–Trinajstić information content (AvgIpc) is 3.47. The monoisotopic (exact) mass is 535 g/mol. The number of halogens is 3. The van der Waals surface area contributed by atoms with Gasteiger partial charge in [0.25, 0.3) is 0 Å². The number of alkyl halides is 1. The summed E-state index contributed by atoms with van der Waals surface area (Å²) in [6.45, 7) is 1.16. The number of fused-ring (bicyclic) bond motifs is 1. The number of amides is 1. The Bertz CT molecular complexity index is 1570. The Kier molecular flexibility index (Phi) is 7.08. The Hall–Kier alpha value is -3.91. The van der Waals surface area contributed by atoms with Crippen LogP contribution in [0.1, 0.15) is 35.2 Å². The largest absolute Gasteiger partial charge is 0.329 e. The SMILES string of the molecule is CC(=O)c1nc(CC(=O)N2C[C@H](F)C[C@H]2C(=O)Cc2cccc(-c3ccccc3Cl)c2F)n2ccccc12. The molecule has 4 aromatic rings. The van der Waals surface area contributed by atoms with Gasteiger partial charge < -0.3 is 9.30 Å². The van der Waals surface area contributed by atoms with E-state index in [0.29, 0.717) is 21.9 Å². The molecule has 3 heterocycles. The molecule has 0 radical (unpaired) electrons. The Labute approximate surface area is 222 Å². The highest BCUT2D eigenvalue weighted by atomic mass is 35.5. The van der Waals surface area contributed by atoms with Gasteiger partial charge in [0.1, 0.15) is 23.5 Å². The van der Waals surface area contributed by atoms with Crippen molar-refractivity contribution < 1.29 is 23.2 Å². The molecule has 0 unspecified atom stereocenters. The van der Waals surface area contributed by atoms with Crippen molar-refractivity contribution in [1.29, 1.82) is 0 Å². The summed E-state index contributed by atoms with van der Waals surface area (Å²) in [6.07, 6.45) is -0.358. The molecule has 9 heteroatoms. The average molecular weight is 536 g/mol. The molecule has 0 aliphatic carbocycles. The lowest BCUT2D eigenvalue weighted by molar-refractivity contribution is -0.137. The van der Waals surface area contributed by atoms with Gasteiger partial charge >= 0.3 is 0 Å². The molecular formula is C29H24ClF2N3O3. The molecule has 1 aliphatic rings. The number of ketones is 2. The molecule has 0 spiro atoms. The van der Waals surface area contributed by atoms with Gasteiger partial charge in [-0.2, -0.15) is 0 Å². The van der Waals surface area contributed by atoms with Crippen molar-refractivity contribution in [3.05, 3.63) is 94.8 Å². The van der Waals surface area contributed by atoms with E-state index in [1.54, 1.807) is 65.2 Å². The van der Waals surface area contributed by atoms with Gasteiger partial charge in [0.15, 0.2) is 11.6 Å². The van der Waals surface area contributed by atoms with Gasteiger partial charge in [0.05, 0.1) is 24.5 Å². The van der Waals surface area contributed by atoms with Crippen LogP contribution in [0.2, 0.25) is 5.02 Å². The molecule has 1 amide bonds. The first-order valence-corrected chi connectivity index (χ1v) is 12.6. The summed E-state index contributed by atoms with van der Waals surface area (Å²) in [5, 5.41) is 0.377. The van der Waals surface area contributed by atoms with Gasteiger partial charge in [-0.1, -0.05) is 54.1 Å².